The molecule has 0 bridgehead atoms. The standard InChI is InChI=1S/C16H19N5O2S2/c1-3-14-4-5-15(24-14)25(22,23)21-8-6-20(7-9-21)16-18-12(2)10-13(11-17)19-16/h4-5,10H,3,6-9H2,1-2H3. The van der Waals surface area contributed by atoms with E-state index in [9.17, 15) is 8.42 Å². The van der Waals surface area contributed by atoms with Gasteiger partial charge in [-0.1, -0.05) is 6.92 Å². The van der Waals surface area contributed by atoms with Crippen LogP contribution < -0.4 is 4.90 Å². The molecular weight excluding hydrogens is 358 g/mol. The van der Waals surface area contributed by atoms with Gasteiger partial charge in [0.05, 0.1) is 0 Å². The number of hydrogen-bond donors (Lipinski definition) is 0. The van der Waals surface area contributed by atoms with Gasteiger partial charge < -0.3 is 4.90 Å². The molecule has 1 saturated heterocycles. The number of aromatic nitrogens is 2. The van der Waals surface area contributed by atoms with Crippen molar-refractivity contribution >= 4 is 27.3 Å². The summed E-state index contributed by atoms with van der Waals surface area (Å²) in [5.74, 6) is 0.484. The number of nitriles is 1. The molecule has 1 fully saturated rings. The van der Waals surface area contributed by atoms with E-state index in [0.717, 1.165) is 17.0 Å². The summed E-state index contributed by atoms with van der Waals surface area (Å²) in [5.41, 5.74) is 1.05. The molecule has 0 saturated carbocycles. The van der Waals surface area contributed by atoms with Crippen molar-refractivity contribution in [2.75, 3.05) is 31.1 Å². The van der Waals surface area contributed by atoms with Crippen molar-refractivity contribution in [3.05, 3.63) is 34.5 Å². The van der Waals surface area contributed by atoms with E-state index in [0.29, 0.717) is 42.0 Å². The molecule has 3 heterocycles. The average molecular weight is 377 g/mol. The minimum Gasteiger partial charge on any atom is -0.338 e. The van der Waals surface area contributed by atoms with Crippen molar-refractivity contribution in [1.82, 2.24) is 14.3 Å². The summed E-state index contributed by atoms with van der Waals surface area (Å²) in [5, 5.41) is 9.04. The van der Waals surface area contributed by atoms with E-state index in [1.54, 1.807) is 12.1 Å². The third kappa shape index (κ3) is 3.66. The van der Waals surface area contributed by atoms with E-state index in [1.165, 1.54) is 15.6 Å². The van der Waals surface area contributed by atoms with Crippen LogP contribution in [0, 0.1) is 18.3 Å². The number of nitrogens with zero attached hydrogens (tertiary/aromatic N) is 5. The zero-order chi connectivity index (χ0) is 18.0. The Morgan fingerprint density at radius 1 is 1.24 bits per heavy atom. The van der Waals surface area contributed by atoms with E-state index in [1.807, 2.05) is 30.9 Å². The highest BCUT2D eigenvalue weighted by molar-refractivity contribution is 7.91. The first kappa shape index (κ1) is 17.8. The lowest BCUT2D eigenvalue weighted by molar-refractivity contribution is 0.383. The molecule has 2 aromatic heterocycles. The average Bonchev–Trinajstić information content (AvgIpc) is 3.11. The zero-order valence-electron chi connectivity index (χ0n) is 14.1. The number of thiophene rings is 1. The van der Waals surface area contributed by atoms with Crippen molar-refractivity contribution < 1.29 is 8.42 Å². The maximum absolute atomic E-state index is 12.8. The van der Waals surface area contributed by atoms with Crippen LogP contribution in [0.3, 0.4) is 0 Å². The van der Waals surface area contributed by atoms with Crippen LogP contribution >= 0.6 is 11.3 Å². The second-order valence-electron chi connectivity index (χ2n) is 5.77. The van der Waals surface area contributed by atoms with Crippen molar-refractivity contribution in [2.45, 2.75) is 24.5 Å². The summed E-state index contributed by atoms with van der Waals surface area (Å²) >= 11 is 1.33. The van der Waals surface area contributed by atoms with E-state index in [-0.39, 0.29) is 0 Å². The Hall–Kier alpha value is -2.02. The Labute approximate surface area is 151 Å². The fourth-order valence-corrected chi connectivity index (χ4v) is 5.57. The summed E-state index contributed by atoms with van der Waals surface area (Å²) in [7, 11) is -3.45. The lowest BCUT2D eigenvalue weighted by Crippen LogP contribution is -2.49. The van der Waals surface area contributed by atoms with Crippen LogP contribution in [0.25, 0.3) is 0 Å². The number of aryl methyl sites for hydroxylation is 2. The number of anilines is 1. The molecule has 7 nitrogen and oxygen atoms in total. The van der Waals surface area contributed by atoms with Gasteiger partial charge in [0.1, 0.15) is 16.0 Å². The van der Waals surface area contributed by atoms with Crippen LogP contribution in [0.2, 0.25) is 0 Å². The van der Waals surface area contributed by atoms with Gasteiger partial charge in [0.2, 0.25) is 5.95 Å². The molecule has 9 heteroatoms. The molecule has 132 valence electrons. The summed E-state index contributed by atoms with van der Waals surface area (Å²) in [6.45, 7) is 5.58. The molecule has 1 aliphatic heterocycles. The van der Waals surface area contributed by atoms with E-state index in [4.69, 9.17) is 5.26 Å². The summed E-state index contributed by atoms with van der Waals surface area (Å²) < 4.78 is 27.4. The van der Waals surface area contributed by atoms with Crippen molar-refractivity contribution in [2.24, 2.45) is 0 Å². The fraction of sp³-hybridized carbons (Fsp3) is 0.438. The van der Waals surface area contributed by atoms with E-state index >= 15 is 0 Å². The highest BCUT2D eigenvalue weighted by atomic mass is 32.2. The van der Waals surface area contributed by atoms with Crippen LogP contribution in [0.1, 0.15) is 23.2 Å². The normalized spacial score (nSPS) is 16.0. The lowest BCUT2D eigenvalue weighted by Gasteiger charge is -2.33. The number of rotatable bonds is 4. The first-order valence-electron chi connectivity index (χ1n) is 8.03. The molecule has 0 aromatic carbocycles. The molecule has 3 rings (SSSR count). The van der Waals surface area contributed by atoms with Crippen molar-refractivity contribution in [3.8, 4) is 6.07 Å². The predicted octanol–water partition coefficient (Wildman–Crippen LogP) is 1.79. The van der Waals surface area contributed by atoms with Gasteiger partial charge in [0.25, 0.3) is 10.0 Å². The van der Waals surface area contributed by atoms with Gasteiger partial charge in [-0.25, -0.2) is 18.4 Å². The SMILES string of the molecule is CCc1ccc(S(=O)(=O)N2CCN(c3nc(C)cc(C#N)n3)CC2)s1. The van der Waals surface area contributed by atoms with Gasteiger partial charge in [-0.05, 0) is 31.5 Å². The van der Waals surface area contributed by atoms with E-state index in [2.05, 4.69) is 9.97 Å². The molecule has 0 N–H and O–H groups in total. The highest BCUT2D eigenvalue weighted by Gasteiger charge is 2.30. The Balaban J connectivity index is 1.73. The smallest absolute Gasteiger partial charge is 0.252 e. The third-order valence-electron chi connectivity index (χ3n) is 4.06. The van der Waals surface area contributed by atoms with Gasteiger partial charge in [0.15, 0.2) is 0 Å². The molecule has 0 unspecified atom stereocenters. The number of piperazine rings is 1. The Kier molecular flexibility index (Phi) is 5.03. The van der Waals surface area contributed by atoms with Gasteiger partial charge in [-0.3, -0.25) is 0 Å². The van der Waals surface area contributed by atoms with Gasteiger partial charge in [0, 0.05) is 36.8 Å². The Bertz CT molecular complexity index is 909. The van der Waals surface area contributed by atoms with Gasteiger partial charge in [-0.2, -0.15) is 9.57 Å². The van der Waals surface area contributed by atoms with E-state index < -0.39 is 10.0 Å². The highest BCUT2D eigenvalue weighted by Crippen LogP contribution is 2.26. The molecule has 0 aliphatic carbocycles. The monoisotopic (exact) mass is 377 g/mol. The first-order valence-corrected chi connectivity index (χ1v) is 10.3. The maximum atomic E-state index is 12.8. The Morgan fingerprint density at radius 2 is 1.96 bits per heavy atom. The molecule has 25 heavy (non-hydrogen) atoms. The molecule has 0 amide bonds. The maximum Gasteiger partial charge on any atom is 0.252 e. The zero-order valence-corrected chi connectivity index (χ0v) is 15.8. The van der Waals surface area contributed by atoms with Crippen LogP contribution in [-0.2, 0) is 16.4 Å². The second-order valence-corrected chi connectivity index (χ2v) is 9.10. The summed E-state index contributed by atoms with van der Waals surface area (Å²) in [6, 6.07) is 7.22. The minimum absolute atomic E-state index is 0.322. The quantitative estimate of drug-likeness (QED) is 0.807. The van der Waals surface area contributed by atoms with Crippen LogP contribution in [0.4, 0.5) is 5.95 Å². The van der Waals surface area contributed by atoms with Gasteiger partial charge in [-0.15, -0.1) is 11.3 Å². The third-order valence-corrected chi connectivity index (χ3v) is 7.65. The van der Waals surface area contributed by atoms with Crippen LogP contribution in [0.5, 0.6) is 0 Å². The summed E-state index contributed by atoms with van der Waals surface area (Å²) in [6.07, 6.45) is 0.833. The fourth-order valence-electron chi connectivity index (χ4n) is 2.69. The Morgan fingerprint density at radius 3 is 2.56 bits per heavy atom. The lowest BCUT2D eigenvalue weighted by atomic mass is 10.3. The molecule has 1 aliphatic rings. The van der Waals surface area contributed by atoms with Crippen LogP contribution in [0.15, 0.2) is 22.4 Å². The second kappa shape index (κ2) is 7.07. The van der Waals surface area contributed by atoms with Crippen LogP contribution in [-0.4, -0.2) is 48.9 Å². The topological polar surface area (TPSA) is 90.2 Å². The number of sulfonamides is 1. The molecule has 0 atom stereocenters. The van der Waals surface area contributed by atoms with Crippen molar-refractivity contribution in [1.29, 1.82) is 5.26 Å². The minimum atomic E-state index is -3.45. The van der Waals surface area contributed by atoms with Crippen molar-refractivity contribution in [3.63, 3.8) is 0 Å². The molecule has 2 aromatic rings. The predicted molar refractivity (Wildman–Crippen MR) is 96.2 cm³/mol. The molecular formula is C16H19N5O2S2. The summed E-state index contributed by atoms with van der Waals surface area (Å²) in [4.78, 5) is 11.6. The molecule has 0 radical (unpaired) electrons. The largest absolute Gasteiger partial charge is 0.338 e. The first-order chi connectivity index (χ1) is 11.9. The van der Waals surface area contributed by atoms with Gasteiger partial charge >= 0.3 is 0 Å². The number of hydrogen-bond acceptors (Lipinski definition) is 7. The molecule has 0 spiro atoms.